The van der Waals surface area contributed by atoms with Gasteiger partial charge in [0.1, 0.15) is 24.4 Å². The van der Waals surface area contributed by atoms with Crippen molar-refractivity contribution in [3.63, 3.8) is 0 Å². The van der Waals surface area contributed by atoms with Crippen LogP contribution >= 0.6 is 11.6 Å². The minimum Gasteiger partial charge on any atom is -0.394 e. The maximum Gasteiger partial charge on any atom is 0.217 e. The predicted octanol–water partition coefficient (Wildman–Crippen LogP) is -0.200. The normalized spacial score (nSPS) is 30.9. The molecule has 0 aliphatic carbocycles. The molecule has 0 radical (unpaired) electrons. The number of halogens is 1. The number of amides is 1. The Labute approximate surface area is 138 Å². The Bertz CT molecular complexity index is 542. The van der Waals surface area contributed by atoms with Crippen LogP contribution < -0.4 is 5.32 Å². The second kappa shape index (κ2) is 8.05. The first-order chi connectivity index (χ1) is 10.9. The van der Waals surface area contributed by atoms with Crippen molar-refractivity contribution in [2.24, 2.45) is 0 Å². The molecule has 1 aliphatic heterocycles. The fourth-order valence-electron chi connectivity index (χ4n) is 2.40. The quantitative estimate of drug-likeness (QED) is 0.588. The van der Waals surface area contributed by atoms with Gasteiger partial charge < -0.3 is 30.1 Å². The SMILES string of the molecule is CC(=O)N[C@@H]1[C@H](OCc2ccccc2Cl)O[C@H](CO)[C@H](O)[C@@H]1O. The summed E-state index contributed by atoms with van der Waals surface area (Å²) >= 11 is 6.05. The molecule has 7 nitrogen and oxygen atoms in total. The van der Waals surface area contributed by atoms with Gasteiger partial charge in [-0.15, -0.1) is 0 Å². The summed E-state index contributed by atoms with van der Waals surface area (Å²) in [5, 5.41) is 32.3. The fraction of sp³-hybridized carbons (Fsp3) is 0.533. The van der Waals surface area contributed by atoms with Crippen molar-refractivity contribution in [2.45, 2.75) is 44.2 Å². The van der Waals surface area contributed by atoms with Crippen LogP contribution in [0.25, 0.3) is 0 Å². The molecule has 0 spiro atoms. The summed E-state index contributed by atoms with van der Waals surface area (Å²) in [5.74, 6) is -0.404. The first kappa shape index (κ1) is 18.1. The van der Waals surface area contributed by atoms with Gasteiger partial charge in [0.15, 0.2) is 6.29 Å². The van der Waals surface area contributed by atoms with E-state index in [1.54, 1.807) is 24.3 Å². The molecule has 0 bridgehead atoms. The molecule has 23 heavy (non-hydrogen) atoms. The summed E-state index contributed by atoms with van der Waals surface area (Å²) in [7, 11) is 0. The van der Waals surface area contributed by atoms with Gasteiger partial charge in [0, 0.05) is 11.9 Å². The molecule has 128 valence electrons. The number of hydrogen-bond acceptors (Lipinski definition) is 6. The molecular formula is C15H20ClNO6. The molecule has 1 amide bonds. The van der Waals surface area contributed by atoms with Gasteiger partial charge in [0.25, 0.3) is 0 Å². The average molecular weight is 346 g/mol. The highest BCUT2D eigenvalue weighted by Gasteiger charge is 2.45. The highest BCUT2D eigenvalue weighted by atomic mass is 35.5. The Hall–Kier alpha value is -1.22. The molecule has 8 heteroatoms. The number of benzene rings is 1. The summed E-state index contributed by atoms with van der Waals surface area (Å²) in [6, 6.07) is 6.10. The molecule has 1 saturated heterocycles. The van der Waals surface area contributed by atoms with Gasteiger partial charge >= 0.3 is 0 Å². The second-order valence-electron chi connectivity index (χ2n) is 5.34. The Morgan fingerprint density at radius 2 is 2.04 bits per heavy atom. The number of aliphatic hydroxyl groups excluding tert-OH is 3. The van der Waals surface area contributed by atoms with E-state index in [2.05, 4.69) is 5.32 Å². The highest BCUT2D eigenvalue weighted by molar-refractivity contribution is 6.31. The third kappa shape index (κ3) is 4.41. The molecule has 1 aliphatic rings. The minimum atomic E-state index is -1.34. The first-order valence-electron chi connectivity index (χ1n) is 7.18. The number of rotatable bonds is 5. The zero-order valence-corrected chi connectivity index (χ0v) is 13.3. The summed E-state index contributed by atoms with van der Waals surface area (Å²) < 4.78 is 11.1. The fourth-order valence-corrected chi connectivity index (χ4v) is 2.59. The van der Waals surface area contributed by atoms with Crippen molar-refractivity contribution in [3.8, 4) is 0 Å². The molecule has 1 fully saturated rings. The van der Waals surface area contributed by atoms with Crippen LogP contribution in [0.5, 0.6) is 0 Å². The van der Waals surface area contributed by atoms with E-state index in [-0.39, 0.29) is 6.61 Å². The van der Waals surface area contributed by atoms with Gasteiger partial charge in [-0.05, 0) is 11.6 Å². The van der Waals surface area contributed by atoms with E-state index in [9.17, 15) is 20.1 Å². The Kier molecular flexibility index (Phi) is 6.34. The summed E-state index contributed by atoms with van der Waals surface area (Å²) in [6.07, 6.45) is -4.71. The average Bonchev–Trinajstić information content (AvgIpc) is 2.52. The smallest absolute Gasteiger partial charge is 0.217 e. The number of carbonyl (C=O) groups excluding carboxylic acids is 1. The third-order valence-corrected chi connectivity index (χ3v) is 3.98. The molecule has 2 rings (SSSR count). The van der Waals surface area contributed by atoms with Crippen LogP contribution in [-0.2, 0) is 20.9 Å². The Morgan fingerprint density at radius 1 is 1.35 bits per heavy atom. The van der Waals surface area contributed by atoms with E-state index in [1.165, 1.54) is 6.92 Å². The lowest BCUT2D eigenvalue weighted by molar-refractivity contribution is -0.273. The van der Waals surface area contributed by atoms with Crippen molar-refractivity contribution in [1.29, 1.82) is 0 Å². The summed E-state index contributed by atoms with van der Waals surface area (Å²) in [5.41, 5.74) is 0.709. The van der Waals surface area contributed by atoms with Crippen LogP contribution in [0.15, 0.2) is 24.3 Å². The van der Waals surface area contributed by atoms with E-state index < -0.39 is 43.2 Å². The summed E-state index contributed by atoms with van der Waals surface area (Å²) in [6.45, 7) is 0.876. The van der Waals surface area contributed by atoms with Crippen molar-refractivity contribution in [1.82, 2.24) is 5.32 Å². The monoisotopic (exact) mass is 345 g/mol. The van der Waals surface area contributed by atoms with Gasteiger partial charge in [-0.25, -0.2) is 0 Å². The van der Waals surface area contributed by atoms with Crippen molar-refractivity contribution < 1.29 is 29.6 Å². The number of nitrogens with one attached hydrogen (secondary N) is 1. The van der Waals surface area contributed by atoms with E-state index in [0.29, 0.717) is 10.6 Å². The van der Waals surface area contributed by atoms with Crippen LogP contribution in [0.1, 0.15) is 12.5 Å². The maximum atomic E-state index is 11.3. The minimum absolute atomic E-state index is 0.0847. The number of hydrogen-bond donors (Lipinski definition) is 4. The molecule has 1 aromatic rings. The first-order valence-corrected chi connectivity index (χ1v) is 7.56. The molecule has 0 saturated carbocycles. The lowest BCUT2D eigenvalue weighted by Gasteiger charge is -2.42. The Morgan fingerprint density at radius 3 is 2.65 bits per heavy atom. The lowest BCUT2D eigenvalue weighted by Crippen LogP contribution is -2.64. The van der Waals surface area contributed by atoms with Crippen LogP contribution in [0.3, 0.4) is 0 Å². The zero-order valence-electron chi connectivity index (χ0n) is 12.6. The molecule has 1 heterocycles. The molecule has 0 unspecified atom stereocenters. The van der Waals surface area contributed by atoms with E-state index in [4.69, 9.17) is 21.1 Å². The van der Waals surface area contributed by atoms with Crippen molar-refractivity contribution in [3.05, 3.63) is 34.9 Å². The highest BCUT2D eigenvalue weighted by Crippen LogP contribution is 2.24. The standard InChI is InChI=1S/C15H20ClNO6/c1-8(19)17-12-14(21)13(20)11(6-18)23-15(12)22-7-9-4-2-3-5-10(9)16/h2-5,11-15,18,20-21H,6-7H2,1H3,(H,17,19)/t11-,12+,13+,14-,15-/m1/s1. The zero-order chi connectivity index (χ0) is 17.0. The number of carbonyl (C=O) groups is 1. The Balaban J connectivity index is 2.11. The van der Waals surface area contributed by atoms with Gasteiger partial charge in [-0.2, -0.15) is 0 Å². The van der Waals surface area contributed by atoms with Gasteiger partial charge in [-0.3, -0.25) is 4.79 Å². The van der Waals surface area contributed by atoms with Crippen LogP contribution in [0.2, 0.25) is 5.02 Å². The largest absolute Gasteiger partial charge is 0.394 e. The van der Waals surface area contributed by atoms with Gasteiger partial charge in [0.2, 0.25) is 5.91 Å². The van der Waals surface area contributed by atoms with Gasteiger partial charge in [-0.1, -0.05) is 29.8 Å². The van der Waals surface area contributed by atoms with Crippen molar-refractivity contribution >= 4 is 17.5 Å². The third-order valence-electron chi connectivity index (χ3n) is 3.61. The van der Waals surface area contributed by atoms with E-state index in [1.807, 2.05) is 0 Å². The topological polar surface area (TPSA) is 108 Å². The van der Waals surface area contributed by atoms with Crippen LogP contribution in [-0.4, -0.2) is 58.5 Å². The van der Waals surface area contributed by atoms with Crippen LogP contribution in [0, 0.1) is 0 Å². The molecule has 0 aromatic heterocycles. The molecule has 1 aromatic carbocycles. The van der Waals surface area contributed by atoms with Crippen LogP contribution in [0.4, 0.5) is 0 Å². The molecule has 5 atom stereocenters. The summed E-state index contributed by atoms with van der Waals surface area (Å²) in [4.78, 5) is 11.3. The maximum absolute atomic E-state index is 11.3. The predicted molar refractivity (Wildman–Crippen MR) is 81.6 cm³/mol. The van der Waals surface area contributed by atoms with E-state index >= 15 is 0 Å². The van der Waals surface area contributed by atoms with Gasteiger partial charge in [0.05, 0.1) is 13.2 Å². The lowest BCUT2D eigenvalue weighted by atomic mass is 9.97. The molecular weight excluding hydrogens is 326 g/mol. The van der Waals surface area contributed by atoms with E-state index in [0.717, 1.165) is 0 Å². The number of ether oxygens (including phenoxy) is 2. The molecule has 4 N–H and O–H groups in total. The van der Waals surface area contributed by atoms with Crippen molar-refractivity contribution in [2.75, 3.05) is 6.61 Å². The second-order valence-corrected chi connectivity index (χ2v) is 5.74. The number of aliphatic hydroxyl groups is 3.